The predicted octanol–water partition coefficient (Wildman–Crippen LogP) is 9.93. The molecule has 1 saturated heterocycles. The van der Waals surface area contributed by atoms with Gasteiger partial charge in [-0.1, -0.05) is 177 Å². The lowest BCUT2D eigenvalue weighted by Crippen LogP contribution is -2.51. The molecule has 2 aliphatic rings. The minimum absolute atomic E-state index is 0.0324. The van der Waals surface area contributed by atoms with Gasteiger partial charge in [-0.05, 0) is 65.5 Å². The Labute approximate surface area is 295 Å². The number of carbonyl (C=O) groups excluding carboxylic acids is 2. The molecule has 1 aliphatic heterocycles. The molecular formula is C44H44N2O2S. The van der Waals surface area contributed by atoms with Crippen LogP contribution in [0.3, 0.4) is 0 Å². The van der Waals surface area contributed by atoms with Crippen LogP contribution in [0.25, 0.3) is 0 Å². The average molecular weight is 665 g/mol. The van der Waals surface area contributed by atoms with Gasteiger partial charge in [0.1, 0.15) is 5.54 Å². The Morgan fingerprint density at radius 2 is 1.18 bits per heavy atom. The van der Waals surface area contributed by atoms with Crippen LogP contribution in [0.4, 0.5) is 4.79 Å². The van der Waals surface area contributed by atoms with Crippen molar-refractivity contribution in [2.75, 3.05) is 0 Å². The molecule has 5 aromatic rings. The lowest BCUT2D eigenvalue weighted by Gasteiger charge is -2.42. The fraction of sp³-hybridized carbons (Fsp3) is 0.273. The highest BCUT2D eigenvalue weighted by Gasteiger charge is 2.54. The minimum atomic E-state index is -1.11. The number of carbonyl (C=O) groups is 2. The van der Waals surface area contributed by atoms with E-state index < -0.39 is 10.8 Å². The van der Waals surface area contributed by atoms with Crippen LogP contribution in [0.1, 0.15) is 78.5 Å². The van der Waals surface area contributed by atoms with Crippen LogP contribution in [0.5, 0.6) is 0 Å². The zero-order chi connectivity index (χ0) is 33.6. The van der Waals surface area contributed by atoms with E-state index in [4.69, 9.17) is 0 Å². The second kappa shape index (κ2) is 15.0. The molecule has 1 N–H and O–H groups in total. The van der Waals surface area contributed by atoms with Crippen LogP contribution in [0.2, 0.25) is 0 Å². The van der Waals surface area contributed by atoms with Crippen molar-refractivity contribution < 1.29 is 9.59 Å². The Morgan fingerprint density at radius 3 is 1.73 bits per heavy atom. The van der Waals surface area contributed by atoms with Crippen molar-refractivity contribution in [1.29, 1.82) is 0 Å². The van der Waals surface area contributed by atoms with Gasteiger partial charge in [0.2, 0.25) is 5.91 Å². The number of hydrogen-bond donors (Lipinski definition) is 1. The first kappa shape index (κ1) is 33.1. The summed E-state index contributed by atoms with van der Waals surface area (Å²) in [6.07, 6.45) is 6.98. The van der Waals surface area contributed by atoms with E-state index in [-0.39, 0.29) is 17.2 Å². The smallest absolute Gasteiger partial charge is 0.290 e. The van der Waals surface area contributed by atoms with Gasteiger partial charge in [-0.2, -0.15) is 0 Å². The van der Waals surface area contributed by atoms with E-state index in [0.717, 1.165) is 34.0 Å². The third kappa shape index (κ3) is 6.75. The largest absolute Gasteiger partial charge is 0.303 e. The van der Waals surface area contributed by atoms with Gasteiger partial charge < -0.3 is 5.32 Å². The molecule has 2 fully saturated rings. The van der Waals surface area contributed by atoms with Crippen LogP contribution in [0, 0.1) is 5.92 Å². The number of nitrogens with one attached hydrogen (secondary N) is 1. The quantitative estimate of drug-likeness (QED) is 0.143. The van der Waals surface area contributed by atoms with Crippen molar-refractivity contribution in [2.24, 2.45) is 5.92 Å². The van der Waals surface area contributed by atoms with Gasteiger partial charge in [-0.3, -0.25) is 14.5 Å². The molecule has 49 heavy (non-hydrogen) atoms. The number of benzene rings is 5. The number of amides is 2. The van der Waals surface area contributed by atoms with E-state index >= 15 is 0 Å². The molecule has 5 aromatic carbocycles. The number of thioether (sulfide) groups is 1. The van der Waals surface area contributed by atoms with Crippen LogP contribution in [-0.2, 0) is 16.8 Å². The zero-order valence-electron chi connectivity index (χ0n) is 28.1. The first-order valence-electron chi connectivity index (χ1n) is 17.7. The molecule has 0 aromatic heterocycles. The van der Waals surface area contributed by atoms with E-state index in [1.165, 1.54) is 48.1 Å². The molecule has 5 heteroatoms. The summed E-state index contributed by atoms with van der Waals surface area (Å²) in [4.78, 5) is 30.5. The summed E-state index contributed by atoms with van der Waals surface area (Å²) in [7, 11) is 0. The number of imide groups is 1. The van der Waals surface area contributed by atoms with E-state index in [1.54, 1.807) is 0 Å². The standard InChI is InChI=1S/C44H44N2O2S/c1-32(34-19-7-2-8-20-34)45-41(35-21-9-3-10-22-35)36-23-17-18-33(30-36)31-40-42(47)46(43(48)49-40)44(37-24-11-4-12-25-37,38-26-13-5-14-27-38)39-28-15-6-16-29-39/h3-6,9-18,21-30,32,34,40-41,45H,2,7-8,19-20,31H2,1H3/t32-,40?,41?/m1/s1. The fourth-order valence-electron chi connectivity index (χ4n) is 7.99. The van der Waals surface area contributed by atoms with E-state index in [1.807, 2.05) is 91.0 Å². The third-order valence-electron chi connectivity index (χ3n) is 10.5. The van der Waals surface area contributed by atoms with E-state index in [0.29, 0.717) is 18.4 Å². The van der Waals surface area contributed by atoms with Crippen LogP contribution >= 0.6 is 11.8 Å². The van der Waals surface area contributed by atoms with Gasteiger partial charge in [0.15, 0.2) is 0 Å². The van der Waals surface area contributed by atoms with Crippen LogP contribution < -0.4 is 5.32 Å². The Bertz CT molecular complexity index is 1750. The second-order valence-corrected chi connectivity index (χ2v) is 14.7. The maximum absolute atomic E-state index is 14.7. The molecule has 2 amide bonds. The molecule has 4 nitrogen and oxygen atoms in total. The predicted molar refractivity (Wildman–Crippen MR) is 200 cm³/mol. The van der Waals surface area contributed by atoms with E-state index in [2.05, 4.69) is 66.8 Å². The molecule has 1 heterocycles. The van der Waals surface area contributed by atoms with Crippen LogP contribution in [0.15, 0.2) is 146 Å². The average Bonchev–Trinajstić information content (AvgIpc) is 3.44. The van der Waals surface area contributed by atoms with Crippen molar-refractivity contribution in [3.8, 4) is 0 Å². The third-order valence-corrected chi connectivity index (χ3v) is 11.5. The van der Waals surface area contributed by atoms with Gasteiger partial charge in [0, 0.05) is 6.04 Å². The summed E-state index contributed by atoms with van der Waals surface area (Å²) in [5, 5.41) is 3.23. The molecule has 1 saturated carbocycles. The van der Waals surface area contributed by atoms with Crippen molar-refractivity contribution in [1.82, 2.24) is 10.2 Å². The van der Waals surface area contributed by atoms with Crippen molar-refractivity contribution in [3.05, 3.63) is 179 Å². The molecule has 0 spiro atoms. The number of rotatable bonds is 11. The fourth-order valence-corrected chi connectivity index (χ4v) is 9.05. The van der Waals surface area contributed by atoms with E-state index in [9.17, 15) is 9.59 Å². The first-order valence-corrected chi connectivity index (χ1v) is 18.5. The normalized spacial score (nSPS) is 18.4. The Balaban J connectivity index is 1.22. The van der Waals surface area contributed by atoms with Gasteiger partial charge in [-0.25, -0.2) is 0 Å². The first-order chi connectivity index (χ1) is 24.1. The molecule has 0 radical (unpaired) electrons. The monoisotopic (exact) mass is 664 g/mol. The lowest BCUT2D eigenvalue weighted by molar-refractivity contribution is -0.129. The Hall–Kier alpha value is -4.45. The van der Waals surface area contributed by atoms with Gasteiger partial charge in [0.25, 0.3) is 5.24 Å². The summed E-state index contributed by atoms with van der Waals surface area (Å²) >= 11 is 1.15. The summed E-state index contributed by atoms with van der Waals surface area (Å²) < 4.78 is 0. The Kier molecular flexibility index (Phi) is 10.1. The highest BCUT2D eigenvalue weighted by molar-refractivity contribution is 8.15. The summed E-state index contributed by atoms with van der Waals surface area (Å²) in [6.45, 7) is 2.34. The van der Waals surface area contributed by atoms with Gasteiger partial charge >= 0.3 is 0 Å². The molecule has 3 atom stereocenters. The Morgan fingerprint density at radius 1 is 0.673 bits per heavy atom. The highest BCUT2D eigenvalue weighted by Crippen LogP contribution is 2.48. The number of nitrogens with zero attached hydrogens (tertiary/aromatic N) is 1. The maximum atomic E-state index is 14.7. The lowest BCUT2D eigenvalue weighted by atomic mass is 9.75. The van der Waals surface area contributed by atoms with Gasteiger partial charge in [-0.15, -0.1) is 0 Å². The topological polar surface area (TPSA) is 49.4 Å². The van der Waals surface area contributed by atoms with Crippen LogP contribution in [-0.4, -0.2) is 27.3 Å². The van der Waals surface area contributed by atoms with Crippen molar-refractivity contribution in [2.45, 2.75) is 68.3 Å². The molecular weight excluding hydrogens is 621 g/mol. The molecule has 2 unspecified atom stereocenters. The molecule has 0 bridgehead atoms. The maximum Gasteiger partial charge on any atom is 0.290 e. The van der Waals surface area contributed by atoms with Crippen molar-refractivity contribution in [3.63, 3.8) is 0 Å². The summed E-state index contributed by atoms with van der Waals surface area (Å²) in [5.74, 6) is 0.507. The van der Waals surface area contributed by atoms with Crippen molar-refractivity contribution >= 4 is 22.9 Å². The molecule has 248 valence electrons. The summed E-state index contributed by atoms with van der Waals surface area (Å²) in [6, 6.07) is 49.6. The highest BCUT2D eigenvalue weighted by atomic mass is 32.2. The summed E-state index contributed by atoms with van der Waals surface area (Å²) in [5.41, 5.74) is 4.98. The number of hydrogen-bond acceptors (Lipinski definition) is 4. The van der Waals surface area contributed by atoms with Gasteiger partial charge in [0.05, 0.1) is 11.3 Å². The molecule has 1 aliphatic carbocycles. The second-order valence-electron chi connectivity index (χ2n) is 13.5. The minimum Gasteiger partial charge on any atom is -0.303 e. The molecule has 7 rings (SSSR count). The SMILES string of the molecule is C[C@@H](NC(c1ccccc1)c1cccc(CC2SC(=O)N(C(c3ccccc3)(c3ccccc3)c3ccccc3)C2=O)c1)C1CCCCC1. The zero-order valence-corrected chi connectivity index (χ0v) is 28.9.